The minimum Gasteiger partial charge on any atom is -0.484 e. The van der Waals surface area contributed by atoms with Gasteiger partial charge in [0, 0.05) is 29.8 Å². The van der Waals surface area contributed by atoms with E-state index in [1.54, 1.807) is 0 Å². The predicted octanol–water partition coefficient (Wildman–Crippen LogP) is 3.26. The standard InChI is InChI=1S/C21H18ClFN2O5/c22-14-2-1-13(6-15(14)23)30-8-18(27)25-21-9-20(10-21,11-21)7-17(26)12-3-4-24-16(5-12)19(28)29/h1-6H,7-11H2,(H,25,27)(H,28,29). The van der Waals surface area contributed by atoms with Crippen molar-refractivity contribution in [3.63, 3.8) is 0 Å². The summed E-state index contributed by atoms with van der Waals surface area (Å²) in [5.41, 5.74) is -0.315. The van der Waals surface area contributed by atoms with Crippen LogP contribution in [-0.4, -0.2) is 39.9 Å². The highest BCUT2D eigenvalue weighted by Gasteiger charge is 2.68. The van der Waals surface area contributed by atoms with Gasteiger partial charge in [0.25, 0.3) is 5.91 Å². The van der Waals surface area contributed by atoms with E-state index in [4.69, 9.17) is 21.4 Å². The van der Waals surface area contributed by atoms with Gasteiger partial charge in [0.05, 0.1) is 5.02 Å². The Labute approximate surface area is 176 Å². The van der Waals surface area contributed by atoms with Gasteiger partial charge in [-0.15, -0.1) is 0 Å². The van der Waals surface area contributed by atoms with E-state index < -0.39 is 11.8 Å². The minimum atomic E-state index is -1.18. The summed E-state index contributed by atoms with van der Waals surface area (Å²) < 4.78 is 18.7. The van der Waals surface area contributed by atoms with Crippen LogP contribution in [0.5, 0.6) is 5.75 Å². The second kappa shape index (κ2) is 7.36. The third kappa shape index (κ3) is 3.87. The topological polar surface area (TPSA) is 106 Å². The minimum absolute atomic E-state index is 0.0218. The van der Waals surface area contributed by atoms with Crippen molar-refractivity contribution >= 4 is 29.3 Å². The van der Waals surface area contributed by atoms with Crippen molar-refractivity contribution < 1.29 is 28.6 Å². The molecule has 5 rings (SSSR count). The molecular formula is C21H18ClFN2O5. The number of amides is 1. The van der Waals surface area contributed by atoms with Crippen LogP contribution in [0.2, 0.25) is 5.02 Å². The zero-order valence-corrected chi connectivity index (χ0v) is 16.5. The number of carbonyl (C=O) groups excluding carboxylic acids is 2. The molecule has 0 unspecified atom stereocenters. The first-order valence-electron chi connectivity index (χ1n) is 9.31. The first-order valence-corrected chi connectivity index (χ1v) is 9.69. The summed E-state index contributed by atoms with van der Waals surface area (Å²) in [5.74, 6) is -2.03. The number of carbonyl (C=O) groups is 3. The molecule has 3 fully saturated rings. The van der Waals surface area contributed by atoms with Gasteiger partial charge in [0.15, 0.2) is 12.4 Å². The van der Waals surface area contributed by atoms with Crippen molar-refractivity contribution in [2.24, 2.45) is 5.41 Å². The van der Waals surface area contributed by atoms with Gasteiger partial charge in [-0.05, 0) is 48.9 Å². The monoisotopic (exact) mass is 432 g/mol. The zero-order valence-electron chi connectivity index (χ0n) is 15.8. The number of hydrogen-bond donors (Lipinski definition) is 2. The smallest absolute Gasteiger partial charge is 0.354 e. The van der Waals surface area contributed by atoms with Crippen LogP contribution >= 0.6 is 11.6 Å². The molecule has 30 heavy (non-hydrogen) atoms. The number of hydrogen-bond acceptors (Lipinski definition) is 5. The van der Waals surface area contributed by atoms with Crippen molar-refractivity contribution in [1.82, 2.24) is 10.3 Å². The summed E-state index contributed by atoms with van der Waals surface area (Å²) >= 11 is 5.61. The fourth-order valence-corrected chi connectivity index (χ4v) is 4.65. The zero-order chi connectivity index (χ0) is 21.5. The summed E-state index contributed by atoms with van der Waals surface area (Å²) in [5, 5.41) is 11.9. The molecule has 3 saturated carbocycles. The lowest BCUT2D eigenvalue weighted by Gasteiger charge is -2.70. The second-order valence-electron chi connectivity index (χ2n) is 8.06. The molecular weight excluding hydrogens is 415 g/mol. The number of rotatable bonds is 8. The number of carboxylic acids is 1. The molecule has 2 bridgehead atoms. The maximum Gasteiger partial charge on any atom is 0.354 e. The number of benzene rings is 1. The van der Waals surface area contributed by atoms with Gasteiger partial charge in [0.2, 0.25) is 0 Å². The molecule has 0 aliphatic heterocycles. The van der Waals surface area contributed by atoms with E-state index in [9.17, 15) is 18.8 Å². The van der Waals surface area contributed by atoms with Crippen molar-refractivity contribution in [2.75, 3.05) is 6.61 Å². The number of carboxylic acid groups (broad SMARTS) is 1. The van der Waals surface area contributed by atoms with Gasteiger partial charge in [-0.3, -0.25) is 9.59 Å². The molecule has 0 spiro atoms. The Morgan fingerprint density at radius 2 is 1.93 bits per heavy atom. The molecule has 7 nitrogen and oxygen atoms in total. The van der Waals surface area contributed by atoms with Crippen LogP contribution in [0.15, 0.2) is 36.5 Å². The largest absolute Gasteiger partial charge is 0.484 e. The normalized spacial score (nSPS) is 23.7. The molecule has 2 aromatic rings. The molecule has 0 saturated heterocycles. The van der Waals surface area contributed by atoms with Gasteiger partial charge in [-0.1, -0.05) is 11.6 Å². The summed E-state index contributed by atoms with van der Waals surface area (Å²) in [6, 6.07) is 6.74. The molecule has 2 N–H and O–H groups in total. The fourth-order valence-electron chi connectivity index (χ4n) is 4.53. The van der Waals surface area contributed by atoms with E-state index >= 15 is 0 Å². The van der Waals surface area contributed by atoms with Gasteiger partial charge in [-0.25, -0.2) is 14.2 Å². The van der Waals surface area contributed by atoms with Crippen LogP contribution < -0.4 is 10.1 Å². The number of Topliss-reactive ketones (excluding diaryl/α,β-unsaturated/α-hetero) is 1. The Morgan fingerprint density at radius 1 is 1.20 bits per heavy atom. The SMILES string of the molecule is O=C(COc1ccc(Cl)c(F)c1)NC12CC(CC(=O)c3ccnc(C(=O)O)c3)(C1)C2. The van der Waals surface area contributed by atoms with E-state index in [2.05, 4.69) is 10.3 Å². The van der Waals surface area contributed by atoms with E-state index in [1.807, 2.05) is 0 Å². The number of aromatic carboxylic acids is 1. The molecule has 1 aromatic carbocycles. The second-order valence-corrected chi connectivity index (χ2v) is 8.47. The third-order valence-corrected chi connectivity index (χ3v) is 5.95. The highest BCUT2D eigenvalue weighted by molar-refractivity contribution is 6.30. The molecule has 156 valence electrons. The lowest BCUT2D eigenvalue weighted by atomic mass is 9.38. The van der Waals surface area contributed by atoms with Crippen molar-refractivity contribution in [3.05, 3.63) is 58.6 Å². The average molecular weight is 433 g/mol. The van der Waals surface area contributed by atoms with Crippen molar-refractivity contribution in [2.45, 2.75) is 31.2 Å². The lowest BCUT2D eigenvalue weighted by molar-refractivity contribution is -0.164. The van der Waals surface area contributed by atoms with Crippen LogP contribution in [-0.2, 0) is 4.79 Å². The Kier molecular flexibility index (Phi) is 4.97. The van der Waals surface area contributed by atoms with Crippen molar-refractivity contribution in [1.29, 1.82) is 0 Å². The Bertz CT molecular complexity index is 1040. The van der Waals surface area contributed by atoms with Gasteiger partial charge < -0.3 is 15.2 Å². The number of ketones is 1. The number of ether oxygens (including phenoxy) is 1. The highest BCUT2D eigenvalue weighted by atomic mass is 35.5. The van der Waals surface area contributed by atoms with Crippen LogP contribution in [0.1, 0.15) is 46.5 Å². The van der Waals surface area contributed by atoms with Gasteiger partial charge in [-0.2, -0.15) is 0 Å². The summed E-state index contributed by atoms with van der Waals surface area (Å²) in [6.07, 6.45) is 3.67. The van der Waals surface area contributed by atoms with Crippen LogP contribution in [0.25, 0.3) is 0 Å². The first kappa shape index (κ1) is 20.3. The molecule has 0 atom stereocenters. The summed E-state index contributed by atoms with van der Waals surface area (Å²) in [4.78, 5) is 39.4. The van der Waals surface area contributed by atoms with E-state index in [0.29, 0.717) is 31.2 Å². The fraction of sp³-hybridized carbons (Fsp3) is 0.333. The maximum absolute atomic E-state index is 13.4. The molecule has 0 radical (unpaired) electrons. The van der Waals surface area contributed by atoms with Crippen LogP contribution in [0.4, 0.5) is 4.39 Å². The number of halogens is 2. The highest BCUT2D eigenvalue weighted by Crippen LogP contribution is 2.69. The average Bonchev–Trinajstić information content (AvgIpc) is 2.66. The lowest BCUT2D eigenvalue weighted by Crippen LogP contribution is -2.75. The number of nitrogens with zero attached hydrogens (tertiary/aromatic N) is 1. The first-order chi connectivity index (χ1) is 14.2. The van der Waals surface area contributed by atoms with Crippen LogP contribution in [0.3, 0.4) is 0 Å². The number of nitrogens with one attached hydrogen (secondary N) is 1. The summed E-state index contributed by atoms with van der Waals surface area (Å²) in [7, 11) is 0. The molecule has 1 heterocycles. The Balaban J connectivity index is 1.26. The maximum atomic E-state index is 13.4. The molecule has 3 aliphatic rings. The van der Waals surface area contributed by atoms with Gasteiger partial charge >= 0.3 is 5.97 Å². The summed E-state index contributed by atoms with van der Waals surface area (Å²) in [6.45, 7) is -0.246. The van der Waals surface area contributed by atoms with E-state index in [-0.39, 0.29) is 45.7 Å². The quantitative estimate of drug-likeness (QED) is 0.620. The Hall–Kier alpha value is -3.00. The molecule has 1 aromatic heterocycles. The van der Waals surface area contributed by atoms with Crippen molar-refractivity contribution in [3.8, 4) is 5.75 Å². The number of aromatic nitrogens is 1. The molecule has 9 heteroatoms. The molecule has 3 aliphatic carbocycles. The van der Waals surface area contributed by atoms with Gasteiger partial charge in [0.1, 0.15) is 17.3 Å². The van der Waals surface area contributed by atoms with E-state index in [0.717, 1.165) is 6.07 Å². The Morgan fingerprint density at radius 3 is 2.60 bits per heavy atom. The van der Waals surface area contributed by atoms with Crippen LogP contribution in [0, 0.1) is 11.2 Å². The van der Waals surface area contributed by atoms with E-state index in [1.165, 1.54) is 30.5 Å². The third-order valence-electron chi connectivity index (χ3n) is 5.64. The predicted molar refractivity (Wildman–Crippen MR) is 104 cm³/mol. The molecule has 1 amide bonds. The number of pyridine rings is 1.